The summed E-state index contributed by atoms with van der Waals surface area (Å²) in [7, 11) is 1.70. The molecule has 0 saturated heterocycles. The summed E-state index contributed by atoms with van der Waals surface area (Å²) >= 11 is 0. The zero-order valence-corrected chi connectivity index (χ0v) is 13.8. The molecule has 1 N–H and O–H groups in total. The quantitative estimate of drug-likeness (QED) is 0.924. The van der Waals surface area contributed by atoms with E-state index in [0.717, 1.165) is 23.6 Å². The standard InChI is InChI=1S/C19H22N2O2/c1-11-17(12(2)23-21-11)19-18(15-5-4-6-16(15)20-19)13-7-9-14(22-3)10-8-13/h7-10,18-20H,4-6H2,1-3H3. The molecule has 4 nitrogen and oxygen atoms in total. The number of benzene rings is 1. The second kappa shape index (κ2) is 5.44. The fraction of sp³-hybridized carbons (Fsp3) is 0.421. The lowest BCUT2D eigenvalue weighted by molar-refractivity contribution is 0.390. The highest BCUT2D eigenvalue weighted by Crippen LogP contribution is 2.50. The van der Waals surface area contributed by atoms with Crippen LogP contribution in [0, 0.1) is 13.8 Å². The fourth-order valence-electron chi connectivity index (χ4n) is 4.13. The molecule has 0 bridgehead atoms. The number of hydrogen-bond acceptors (Lipinski definition) is 4. The van der Waals surface area contributed by atoms with Crippen molar-refractivity contribution in [1.82, 2.24) is 10.5 Å². The number of rotatable bonds is 3. The van der Waals surface area contributed by atoms with Gasteiger partial charge < -0.3 is 14.6 Å². The van der Waals surface area contributed by atoms with Crippen molar-refractivity contribution in [3.05, 3.63) is 58.1 Å². The van der Waals surface area contributed by atoms with E-state index < -0.39 is 0 Å². The van der Waals surface area contributed by atoms with Crippen molar-refractivity contribution in [2.75, 3.05) is 7.11 Å². The van der Waals surface area contributed by atoms with Crippen LogP contribution in [-0.2, 0) is 0 Å². The van der Waals surface area contributed by atoms with Gasteiger partial charge in [-0.05, 0) is 56.4 Å². The molecule has 1 aromatic carbocycles. The summed E-state index contributed by atoms with van der Waals surface area (Å²) in [5, 5.41) is 7.92. The summed E-state index contributed by atoms with van der Waals surface area (Å²) in [5.74, 6) is 2.17. The van der Waals surface area contributed by atoms with Gasteiger partial charge >= 0.3 is 0 Å². The third kappa shape index (κ3) is 2.24. The maximum atomic E-state index is 5.42. The zero-order chi connectivity index (χ0) is 16.0. The molecule has 0 amide bonds. The number of nitrogens with one attached hydrogen (secondary N) is 1. The number of aromatic nitrogens is 1. The van der Waals surface area contributed by atoms with Crippen molar-refractivity contribution in [1.29, 1.82) is 0 Å². The van der Waals surface area contributed by atoms with E-state index in [1.165, 1.54) is 29.7 Å². The van der Waals surface area contributed by atoms with Gasteiger partial charge in [0.25, 0.3) is 0 Å². The number of allylic oxidation sites excluding steroid dienone is 1. The fourth-order valence-corrected chi connectivity index (χ4v) is 4.13. The summed E-state index contributed by atoms with van der Waals surface area (Å²) in [5.41, 5.74) is 6.51. The van der Waals surface area contributed by atoms with Crippen molar-refractivity contribution in [3.8, 4) is 5.75 Å². The monoisotopic (exact) mass is 310 g/mol. The van der Waals surface area contributed by atoms with Crippen LogP contribution >= 0.6 is 0 Å². The normalized spacial score (nSPS) is 23.1. The van der Waals surface area contributed by atoms with Gasteiger partial charge in [0.05, 0.1) is 18.8 Å². The van der Waals surface area contributed by atoms with Gasteiger partial charge in [-0.25, -0.2) is 0 Å². The Kier molecular flexibility index (Phi) is 3.40. The van der Waals surface area contributed by atoms with Gasteiger partial charge in [0, 0.05) is 17.2 Å². The van der Waals surface area contributed by atoms with E-state index in [9.17, 15) is 0 Å². The van der Waals surface area contributed by atoms with Crippen molar-refractivity contribution >= 4 is 0 Å². The van der Waals surface area contributed by atoms with Gasteiger partial charge in [0.1, 0.15) is 11.5 Å². The van der Waals surface area contributed by atoms with Gasteiger partial charge in [0.15, 0.2) is 0 Å². The average molecular weight is 310 g/mol. The molecule has 0 fully saturated rings. The summed E-state index contributed by atoms with van der Waals surface area (Å²) in [4.78, 5) is 0. The molecule has 2 heterocycles. The van der Waals surface area contributed by atoms with Crippen molar-refractivity contribution in [3.63, 3.8) is 0 Å². The van der Waals surface area contributed by atoms with E-state index in [1.54, 1.807) is 12.7 Å². The van der Waals surface area contributed by atoms with Crippen LogP contribution in [0.15, 0.2) is 40.1 Å². The highest BCUT2D eigenvalue weighted by Gasteiger charge is 2.40. The van der Waals surface area contributed by atoms with Crippen LogP contribution in [-0.4, -0.2) is 12.3 Å². The van der Waals surface area contributed by atoms with Crippen molar-refractivity contribution in [2.24, 2.45) is 0 Å². The minimum Gasteiger partial charge on any atom is -0.497 e. The molecule has 0 radical (unpaired) electrons. The Bertz CT molecular complexity index is 739. The highest BCUT2D eigenvalue weighted by atomic mass is 16.5. The highest BCUT2D eigenvalue weighted by molar-refractivity contribution is 5.46. The van der Waals surface area contributed by atoms with Gasteiger partial charge in [0.2, 0.25) is 0 Å². The lowest BCUT2D eigenvalue weighted by Gasteiger charge is -2.24. The summed E-state index contributed by atoms with van der Waals surface area (Å²) in [6.07, 6.45) is 3.58. The van der Waals surface area contributed by atoms with Gasteiger partial charge in [-0.1, -0.05) is 17.3 Å². The second-order valence-electron chi connectivity index (χ2n) is 6.47. The Balaban J connectivity index is 1.77. The Morgan fingerprint density at radius 1 is 1.17 bits per heavy atom. The number of nitrogens with zero attached hydrogens (tertiary/aromatic N) is 1. The van der Waals surface area contributed by atoms with E-state index in [2.05, 4.69) is 22.6 Å². The predicted molar refractivity (Wildman–Crippen MR) is 88.5 cm³/mol. The zero-order valence-electron chi connectivity index (χ0n) is 13.8. The molecular weight excluding hydrogens is 288 g/mol. The van der Waals surface area contributed by atoms with Crippen LogP contribution in [0.2, 0.25) is 0 Å². The first-order valence-corrected chi connectivity index (χ1v) is 8.24. The van der Waals surface area contributed by atoms with Crippen LogP contribution in [0.1, 0.15) is 53.8 Å². The van der Waals surface area contributed by atoms with Gasteiger partial charge in [-0.3, -0.25) is 0 Å². The third-order valence-electron chi connectivity index (χ3n) is 5.17. The minimum atomic E-state index is 0.222. The van der Waals surface area contributed by atoms with E-state index >= 15 is 0 Å². The smallest absolute Gasteiger partial charge is 0.139 e. The van der Waals surface area contributed by atoms with Gasteiger partial charge in [-0.15, -0.1) is 0 Å². The Morgan fingerprint density at radius 2 is 1.96 bits per heavy atom. The number of aryl methyl sites for hydroxylation is 2. The molecule has 2 aliphatic rings. The molecule has 1 aliphatic carbocycles. The van der Waals surface area contributed by atoms with E-state index in [-0.39, 0.29) is 6.04 Å². The number of hydrogen-bond donors (Lipinski definition) is 1. The van der Waals surface area contributed by atoms with Crippen molar-refractivity contribution in [2.45, 2.75) is 45.1 Å². The predicted octanol–water partition coefficient (Wildman–Crippen LogP) is 4.17. The number of ether oxygens (including phenoxy) is 1. The Morgan fingerprint density at radius 3 is 2.61 bits per heavy atom. The molecule has 1 aromatic heterocycles. The van der Waals surface area contributed by atoms with Crippen LogP contribution in [0.25, 0.3) is 0 Å². The molecule has 120 valence electrons. The molecule has 2 aromatic rings. The summed E-state index contributed by atoms with van der Waals surface area (Å²) < 4.78 is 10.7. The van der Waals surface area contributed by atoms with Gasteiger partial charge in [-0.2, -0.15) is 0 Å². The average Bonchev–Trinajstić information content (AvgIpc) is 3.22. The molecule has 1 aliphatic heterocycles. The van der Waals surface area contributed by atoms with Crippen molar-refractivity contribution < 1.29 is 9.26 Å². The lowest BCUT2D eigenvalue weighted by Crippen LogP contribution is -2.21. The van der Waals surface area contributed by atoms with E-state index in [4.69, 9.17) is 9.26 Å². The molecule has 23 heavy (non-hydrogen) atoms. The van der Waals surface area contributed by atoms with Crippen LogP contribution < -0.4 is 10.1 Å². The Hall–Kier alpha value is -2.23. The first-order chi connectivity index (χ1) is 11.2. The largest absolute Gasteiger partial charge is 0.497 e. The van der Waals surface area contributed by atoms with Crippen LogP contribution in [0.5, 0.6) is 5.75 Å². The maximum Gasteiger partial charge on any atom is 0.139 e. The number of methoxy groups -OCH3 is 1. The lowest BCUT2D eigenvalue weighted by atomic mass is 9.83. The maximum absolute atomic E-state index is 5.42. The second-order valence-corrected chi connectivity index (χ2v) is 6.47. The van der Waals surface area contributed by atoms with E-state index in [1.807, 2.05) is 26.0 Å². The topological polar surface area (TPSA) is 47.3 Å². The molecule has 2 atom stereocenters. The van der Waals surface area contributed by atoms with E-state index in [0.29, 0.717) is 5.92 Å². The minimum absolute atomic E-state index is 0.222. The Labute approximate surface area is 136 Å². The SMILES string of the molecule is COc1ccc(C2C3=C(CCC3)NC2c2c(C)noc2C)cc1. The van der Waals surface area contributed by atoms with Crippen LogP contribution in [0.3, 0.4) is 0 Å². The first kappa shape index (κ1) is 14.4. The molecular formula is C19H22N2O2. The first-order valence-electron chi connectivity index (χ1n) is 8.24. The van der Waals surface area contributed by atoms with Crippen LogP contribution in [0.4, 0.5) is 0 Å². The third-order valence-corrected chi connectivity index (χ3v) is 5.17. The molecule has 0 spiro atoms. The summed E-state index contributed by atoms with van der Waals surface area (Å²) in [6, 6.07) is 8.69. The molecule has 0 saturated carbocycles. The summed E-state index contributed by atoms with van der Waals surface area (Å²) in [6.45, 7) is 4.04. The molecule has 2 unspecified atom stereocenters. The molecule has 4 heteroatoms. The molecule has 4 rings (SSSR count).